The Morgan fingerprint density at radius 3 is 2.38 bits per heavy atom. The number of nitrogens with zero attached hydrogens (tertiary/aromatic N) is 2. The minimum absolute atomic E-state index is 0.0328. The van der Waals surface area contributed by atoms with E-state index in [1.807, 2.05) is 79.8 Å². The van der Waals surface area contributed by atoms with Gasteiger partial charge < -0.3 is 4.90 Å². The Labute approximate surface area is 142 Å². The standard InChI is InChI=1S/C21H20N2O/c1-23(16-14-18-11-7-8-15-22-18)21(24)20-13-6-5-12-19(20)17-9-3-2-4-10-17/h2-13,15H,14,16H2,1H3. The number of carbonyl (C=O) groups excluding carboxylic acids is 1. The fourth-order valence-electron chi connectivity index (χ4n) is 2.67. The summed E-state index contributed by atoms with van der Waals surface area (Å²) in [6, 6.07) is 23.6. The van der Waals surface area contributed by atoms with Gasteiger partial charge in [0.2, 0.25) is 0 Å². The zero-order valence-electron chi connectivity index (χ0n) is 13.7. The highest BCUT2D eigenvalue weighted by molar-refractivity contribution is 6.00. The van der Waals surface area contributed by atoms with Crippen molar-refractivity contribution in [1.82, 2.24) is 9.88 Å². The molecule has 0 fully saturated rings. The van der Waals surface area contributed by atoms with Gasteiger partial charge >= 0.3 is 0 Å². The van der Waals surface area contributed by atoms with E-state index in [1.54, 1.807) is 11.1 Å². The summed E-state index contributed by atoms with van der Waals surface area (Å²) in [6.07, 6.45) is 2.53. The molecule has 120 valence electrons. The lowest BCUT2D eigenvalue weighted by Gasteiger charge is -2.19. The molecular formula is C21H20N2O. The Hall–Kier alpha value is -2.94. The topological polar surface area (TPSA) is 33.2 Å². The lowest BCUT2D eigenvalue weighted by atomic mass is 9.99. The van der Waals surface area contributed by atoms with Gasteiger partial charge in [-0.1, -0.05) is 54.6 Å². The molecule has 2 aromatic carbocycles. The summed E-state index contributed by atoms with van der Waals surface area (Å²) in [4.78, 5) is 18.9. The van der Waals surface area contributed by atoms with Gasteiger partial charge in [0, 0.05) is 37.5 Å². The molecule has 3 aromatic rings. The highest BCUT2D eigenvalue weighted by Crippen LogP contribution is 2.24. The van der Waals surface area contributed by atoms with Crippen LogP contribution in [0.3, 0.4) is 0 Å². The molecule has 3 nitrogen and oxygen atoms in total. The number of benzene rings is 2. The largest absolute Gasteiger partial charge is 0.341 e. The van der Waals surface area contributed by atoms with E-state index in [1.165, 1.54) is 0 Å². The first-order valence-electron chi connectivity index (χ1n) is 8.05. The third kappa shape index (κ3) is 3.69. The molecule has 0 bridgehead atoms. The fourth-order valence-corrected chi connectivity index (χ4v) is 2.67. The molecule has 3 heteroatoms. The molecule has 0 N–H and O–H groups in total. The van der Waals surface area contributed by atoms with Gasteiger partial charge in [-0.25, -0.2) is 0 Å². The van der Waals surface area contributed by atoms with Crippen LogP contribution in [-0.4, -0.2) is 29.4 Å². The predicted molar refractivity (Wildman–Crippen MR) is 96.8 cm³/mol. The third-order valence-corrected chi connectivity index (χ3v) is 4.02. The van der Waals surface area contributed by atoms with Crippen molar-refractivity contribution < 1.29 is 4.79 Å². The van der Waals surface area contributed by atoms with Gasteiger partial charge in [-0.15, -0.1) is 0 Å². The molecule has 24 heavy (non-hydrogen) atoms. The first-order valence-corrected chi connectivity index (χ1v) is 8.05. The van der Waals surface area contributed by atoms with E-state index in [4.69, 9.17) is 0 Å². The normalized spacial score (nSPS) is 10.4. The average Bonchev–Trinajstić information content (AvgIpc) is 2.67. The fraction of sp³-hybridized carbons (Fsp3) is 0.143. The van der Waals surface area contributed by atoms with Crippen LogP contribution in [0.1, 0.15) is 16.1 Å². The Morgan fingerprint density at radius 2 is 1.62 bits per heavy atom. The molecule has 1 amide bonds. The maximum absolute atomic E-state index is 12.9. The van der Waals surface area contributed by atoms with Crippen molar-refractivity contribution in [3.05, 3.63) is 90.3 Å². The minimum atomic E-state index is 0.0328. The summed E-state index contributed by atoms with van der Waals surface area (Å²) in [5, 5.41) is 0. The quantitative estimate of drug-likeness (QED) is 0.711. The van der Waals surface area contributed by atoms with Crippen LogP contribution in [0.4, 0.5) is 0 Å². The minimum Gasteiger partial charge on any atom is -0.341 e. The molecule has 0 aliphatic heterocycles. The van der Waals surface area contributed by atoms with Crippen molar-refractivity contribution in [3.63, 3.8) is 0 Å². The van der Waals surface area contributed by atoms with Crippen molar-refractivity contribution in [2.24, 2.45) is 0 Å². The third-order valence-electron chi connectivity index (χ3n) is 4.02. The maximum Gasteiger partial charge on any atom is 0.254 e. The number of carbonyl (C=O) groups is 1. The SMILES string of the molecule is CN(CCc1ccccn1)C(=O)c1ccccc1-c1ccccc1. The monoisotopic (exact) mass is 316 g/mol. The molecule has 0 radical (unpaired) electrons. The van der Waals surface area contributed by atoms with E-state index >= 15 is 0 Å². The van der Waals surface area contributed by atoms with E-state index in [-0.39, 0.29) is 5.91 Å². The van der Waals surface area contributed by atoms with E-state index in [0.29, 0.717) is 6.54 Å². The van der Waals surface area contributed by atoms with Crippen LogP contribution in [0, 0.1) is 0 Å². The summed E-state index contributed by atoms with van der Waals surface area (Å²) in [7, 11) is 1.84. The summed E-state index contributed by atoms with van der Waals surface area (Å²) < 4.78 is 0. The van der Waals surface area contributed by atoms with Gasteiger partial charge in [0.1, 0.15) is 0 Å². The summed E-state index contributed by atoms with van der Waals surface area (Å²) in [6.45, 7) is 0.638. The summed E-state index contributed by atoms with van der Waals surface area (Å²) in [5.41, 5.74) is 3.74. The molecule has 0 saturated heterocycles. The molecule has 1 heterocycles. The van der Waals surface area contributed by atoms with Crippen molar-refractivity contribution in [1.29, 1.82) is 0 Å². The van der Waals surface area contributed by atoms with Gasteiger partial charge in [-0.3, -0.25) is 9.78 Å². The molecule has 0 aliphatic carbocycles. The highest BCUT2D eigenvalue weighted by Gasteiger charge is 2.16. The van der Waals surface area contributed by atoms with Crippen LogP contribution < -0.4 is 0 Å². The van der Waals surface area contributed by atoms with Gasteiger partial charge in [-0.2, -0.15) is 0 Å². The molecule has 0 saturated carbocycles. The molecule has 1 aromatic heterocycles. The lowest BCUT2D eigenvalue weighted by Crippen LogP contribution is -2.29. The zero-order chi connectivity index (χ0) is 16.8. The second-order valence-corrected chi connectivity index (χ2v) is 5.71. The van der Waals surface area contributed by atoms with Crippen LogP contribution in [0.15, 0.2) is 79.0 Å². The zero-order valence-corrected chi connectivity index (χ0v) is 13.7. The lowest BCUT2D eigenvalue weighted by molar-refractivity contribution is 0.0797. The van der Waals surface area contributed by atoms with Gasteiger partial charge in [-0.05, 0) is 29.3 Å². The molecule has 0 atom stereocenters. The number of aromatic nitrogens is 1. The number of rotatable bonds is 5. The number of amides is 1. The van der Waals surface area contributed by atoms with Crippen LogP contribution >= 0.6 is 0 Å². The van der Waals surface area contributed by atoms with Crippen molar-refractivity contribution >= 4 is 5.91 Å². The Morgan fingerprint density at radius 1 is 0.917 bits per heavy atom. The van der Waals surface area contributed by atoms with Crippen molar-refractivity contribution in [2.45, 2.75) is 6.42 Å². The van der Waals surface area contributed by atoms with E-state index < -0.39 is 0 Å². The number of pyridine rings is 1. The Balaban J connectivity index is 1.77. The van der Waals surface area contributed by atoms with Crippen LogP contribution in [0.2, 0.25) is 0 Å². The number of hydrogen-bond donors (Lipinski definition) is 0. The molecule has 0 aliphatic rings. The van der Waals surface area contributed by atoms with E-state index in [0.717, 1.165) is 28.8 Å². The van der Waals surface area contributed by atoms with Crippen molar-refractivity contribution in [3.8, 4) is 11.1 Å². The van der Waals surface area contributed by atoms with E-state index in [9.17, 15) is 4.79 Å². The maximum atomic E-state index is 12.9. The molecule has 3 rings (SSSR count). The predicted octanol–water partition coefficient (Wildman–Crippen LogP) is 4.06. The van der Waals surface area contributed by atoms with Crippen LogP contribution in [0.5, 0.6) is 0 Å². The second kappa shape index (κ2) is 7.55. The van der Waals surface area contributed by atoms with Crippen LogP contribution in [-0.2, 0) is 6.42 Å². The van der Waals surface area contributed by atoms with Gasteiger partial charge in [0.15, 0.2) is 0 Å². The Bertz CT molecular complexity index is 800. The smallest absolute Gasteiger partial charge is 0.254 e. The highest BCUT2D eigenvalue weighted by atomic mass is 16.2. The second-order valence-electron chi connectivity index (χ2n) is 5.71. The first-order chi connectivity index (χ1) is 11.8. The van der Waals surface area contributed by atoms with Gasteiger partial charge in [0.05, 0.1) is 0 Å². The average molecular weight is 316 g/mol. The van der Waals surface area contributed by atoms with E-state index in [2.05, 4.69) is 4.98 Å². The van der Waals surface area contributed by atoms with Crippen LogP contribution in [0.25, 0.3) is 11.1 Å². The van der Waals surface area contributed by atoms with Gasteiger partial charge in [0.25, 0.3) is 5.91 Å². The Kier molecular flexibility index (Phi) is 5.02. The van der Waals surface area contributed by atoms with Crippen molar-refractivity contribution in [2.75, 3.05) is 13.6 Å². The summed E-state index contributed by atoms with van der Waals surface area (Å²) in [5.74, 6) is 0.0328. The summed E-state index contributed by atoms with van der Waals surface area (Å²) >= 11 is 0. The molecular weight excluding hydrogens is 296 g/mol. The first kappa shape index (κ1) is 15.9. The number of likely N-dealkylation sites (N-methyl/N-ethyl adjacent to an activating group) is 1. The molecule has 0 unspecified atom stereocenters. The number of hydrogen-bond acceptors (Lipinski definition) is 2. The molecule has 0 spiro atoms.